The maximum atomic E-state index is 5.44. The molecule has 0 saturated heterocycles. The van der Waals surface area contributed by atoms with E-state index in [1.807, 2.05) is 12.1 Å². The second-order valence-corrected chi connectivity index (χ2v) is 6.97. The molecule has 3 rings (SSSR count). The van der Waals surface area contributed by atoms with Crippen LogP contribution in [0.5, 0.6) is 11.5 Å². The minimum absolute atomic E-state index is 0. The Kier molecular flexibility index (Phi) is 7.17. The Morgan fingerprint density at radius 3 is 2.79 bits per heavy atom. The fourth-order valence-electron chi connectivity index (χ4n) is 2.28. The Labute approximate surface area is 171 Å². The zero-order valence-electron chi connectivity index (χ0n) is 13.4. The Bertz CT molecular complexity index is 736. The van der Waals surface area contributed by atoms with Crippen molar-refractivity contribution in [3.63, 3.8) is 0 Å². The first-order valence-electron chi connectivity index (χ1n) is 7.23. The number of halogens is 2. The van der Waals surface area contributed by atoms with Crippen molar-refractivity contribution in [2.45, 2.75) is 20.0 Å². The molecule has 2 heterocycles. The van der Waals surface area contributed by atoms with Crippen molar-refractivity contribution in [2.75, 3.05) is 13.8 Å². The van der Waals surface area contributed by atoms with Crippen LogP contribution in [0, 0.1) is 6.92 Å². The molecule has 2 N–H and O–H groups in total. The average molecular weight is 524 g/mol. The van der Waals surface area contributed by atoms with Crippen LogP contribution in [0.3, 0.4) is 0 Å². The van der Waals surface area contributed by atoms with Crippen molar-refractivity contribution in [1.29, 1.82) is 0 Å². The molecule has 0 amide bonds. The average Bonchev–Trinajstić information content (AvgIpc) is 3.17. The lowest BCUT2D eigenvalue weighted by Crippen LogP contribution is -2.36. The SMILES string of the molecule is CN=C(NCc1cc(Br)c2c(c1)OCO2)NCc1sccc1C.I. The minimum Gasteiger partial charge on any atom is -0.454 e. The number of nitrogens with zero attached hydrogens (tertiary/aromatic N) is 1. The molecule has 1 aromatic heterocycles. The molecular formula is C16H19BrIN3O2S. The number of guanidine groups is 1. The van der Waals surface area contributed by atoms with Crippen LogP contribution < -0.4 is 20.1 Å². The van der Waals surface area contributed by atoms with Crippen LogP contribution in [0.4, 0.5) is 0 Å². The number of aliphatic imine (C=N–C) groups is 1. The van der Waals surface area contributed by atoms with Crippen LogP contribution in [0.25, 0.3) is 0 Å². The van der Waals surface area contributed by atoms with Gasteiger partial charge < -0.3 is 20.1 Å². The third-order valence-corrected chi connectivity index (χ3v) is 5.17. The highest BCUT2D eigenvalue weighted by Crippen LogP contribution is 2.39. The first-order valence-corrected chi connectivity index (χ1v) is 8.90. The van der Waals surface area contributed by atoms with Crippen molar-refractivity contribution in [3.8, 4) is 11.5 Å². The van der Waals surface area contributed by atoms with Crippen LogP contribution in [0.1, 0.15) is 16.0 Å². The van der Waals surface area contributed by atoms with Gasteiger partial charge in [0.2, 0.25) is 6.79 Å². The maximum absolute atomic E-state index is 5.44. The molecule has 0 saturated carbocycles. The molecule has 0 spiro atoms. The summed E-state index contributed by atoms with van der Waals surface area (Å²) in [4.78, 5) is 5.58. The predicted molar refractivity (Wildman–Crippen MR) is 112 cm³/mol. The van der Waals surface area contributed by atoms with Gasteiger partial charge in [0.1, 0.15) is 0 Å². The molecule has 0 unspecified atom stereocenters. The van der Waals surface area contributed by atoms with Crippen LogP contribution in [-0.4, -0.2) is 19.8 Å². The molecule has 0 atom stereocenters. The smallest absolute Gasteiger partial charge is 0.231 e. The van der Waals surface area contributed by atoms with Crippen LogP contribution in [0.15, 0.2) is 33.0 Å². The van der Waals surface area contributed by atoms with Crippen LogP contribution in [-0.2, 0) is 13.1 Å². The second kappa shape index (κ2) is 8.91. The third kappa shape index (κ3) is 4.54. The van der Waals surface area contributed by atoms with E-state index in [9.17, 15) is 0 Å². The van der Waals surface area contributed by atoms with Crippen LogP contribution >= 0.6 is 51.2 Å². The molecule has 1 aliphatic heterocycles. The van der Waals surface area contributed by atoms with E-state index in [-0.39, 0.29) is 30.8 Å². The standard InChI is InChI=1S/C16H18BrN3O2S.HI/c1-10-3-4-23-14(10)8-20-16(18-2)19-7-11-5-12(17)15-13(6-11)21-9-22-15;/h3-6H,7-9H2,1-2H3,(H2,18,19,20);1H. The number of thiophene rings is 1. The summed E-state index contributed by atoms with van der Waals surface area (Å²) in [6.45, 7) is 3.81. The van der Waals surface area contributed by atoms with E-state index in [0.717, 1.165) is 34.0 Å². The van der Waals surface area contributed by atoms with E-state index < -0.39 is 0 Å². The molecule has 5 nitrogen and oxygen atoms in total. The van der Waals surface area contributed by atoms with Crippen LogP contribution in [0.2, 0.25) is 0 Å². The lowest BCUT2D eigenvalue weighted by molar-refractivity contribution is 0.173. The summed E-state index contributed by atoms with van der Waals surface area (Å²) < 4.78 is 11.7. The minimum atomic E-state index is 0. The molecule has 24 heavy (non-hydrogen) atoms. The highest BCUT2D eigenvalue weighted by Gasteiger charge is 2.17. The molecule has 0 aliphatic carbocycles. The summed E-state index contributed by atoms with van der Waals surface area (Å²) in [6, 6.07) is 6.13. The largest absolute Gasteiger partial charge is 0.454 e. The number of ether oxygens (including phenoxy) is 2. The van der Waals surface area contributed by atoms with Gasteiger partial charge in [-0.3, -0.25) is 4.99 Å². The third-order valence-electron chi connectivity index (χ3n) is 3.56. The van der Waals surface area contributed by atoms with E-state index in [0.29, 0.717) is 6.54 Å². The fourth-order valence-corrected chi connectivity index (χ4v) is 3.73. The van der Waals surface area contributed by atoms with E-state index in [4.69, 9.17) is 9.47 Å². The monoisotopic (exact) mass is 523 g/mol. The topological polar surface area (TPSA) is 54.9 Å². The molecule has 1 aromatic carbocycles. The normalized spacial score (nSPS) is 12.7. The lowest BCUT2D eigenvalue weighted by atomic mass is 10.2. The van der Waals surface area contributed by atoms with Gasteiger partial charge in [0.05, 0.1) is 11.0 Å². The number of benzene rings is 1. The number of fused-ring (bicyclic) bond motifs is 1. The summed E-state index contributed by atoms with van der Waals surface area (Å²) in [5.74, 6) is 2.31. The molecule has 1 aliphatic rings. The molecule has 0 fully saturated rings. The Hall–Kier alpha value is -1.00. The van der Waals surface area contributed by atoms with E-state index in [1.165, 1.54) is 10.4 Å². The molecule has 0 radical (unpaired) electrons. The highest BCUT2D eigenvalue weighted by molar-refractivity contribution is 14.0. The fraction of sp³-hybridized carbons (Fsp3) is 0.312. The lowest BCUT2D eigenvalue weighted by Gasteiger charge is -2.12. The van der Waals surface area contributed by atoms with Gasteiger partial charge in [0.25, 0.3) is 0 Å². The second-order valence-electron chi connectivity index (χ2n) is 5.12. The summed E-state index contributed by atoms with van der Waals surface area (Å²) >= 11 is 5.26. The number of hydrogen-bond acceptors (Lipinski definition) is 4. The zero-order chi connectivity index (χ0) is 16.2. The van der Waals surface area contributed by atoms with Gasteiger partial charge in [-0.2, -0.15) is 0 Å². The van der Waals surface area contributed by atoms with Crippen molar-refractivity contribution in [1.82, 2.24) is 10.6 Å². The molecule has 8 heteroatoms. The highest BCUT2D eigenvalue weighted by atomic mass is 127. The van der Waals surface area contributed by atoms with E-state index in [1.54, 1.807) is 18.4 Å². The number of rotatable bonds is 4. The molecule has 2 aromatic rings. The van der Waals surface area contributed by atoms with Crippen molar-refractivity contribution >= 4 is 57.2 Å². The summed E-state index contributed by atoms with van der Waals surface area (Å²) in [6.07, 6.45) is 0. The van der Waals surface area contributed by atoms with Gasteiger partial charge in [-0.1, -0.05) is 0 Å². The predicted octanol–water partition coefficient (Wildman–Crippen LogP) is 4.03. The van der Waals surface area contributed by atoms with Crippen molar-refractivity contribution in [2.24, 2.45) is 4.99 Å². The molecule has 130 valence electrons. The molecule has 0 bridgehead atoms. The van der Waals surface area contributed by atoms with Gasteiger partial charge in [-0.15, -0.1) is 35.3 Å². The quantitative estimate of drug-likeness (QED) is 0.361. The van der Waals surface area contributed by atoms with Gasteiger partial charge in [-0.05, 0) is 57.6 Å². The number of aryl methyl sites for hydroxylation is 1. The van der Waals surface area contributed by atoms with E-state index in [2.05, 4.69) is 49.9 Å². The zero-order valence-corrected chi connectivity index (χ0v) is 18.1. The Morgan fingerprint density at radius 1 is 1.29 bits per heavy atom. The number of hydrogen-bond donors (Lipinski definition) is 2. The van der Waals surface area contributed by atoms with Gasteiger partial charge in [0, 0.05) is 18.5 Å². The van der Waals surface area contributed by atoms with Gasteiger partial charge in [0.15, 0.2) is 17.5 Å². The first-order chi connectivity index (χ1) is 11.2. The summed E-state index contributed by atoms with van der Waals surface area (Å²) in [5, 5.41) is 8.75. The van der Waals surface area contributed by atoms with Gasteiger partial charge in [-0.25, -0.2) is 0 Å². The van der Waals surface area contributed by atoms with Gasteiger partial charge >= 0.3 is 0 Å². The van der Waals surface area contributed by atoms with Crippen molar-refractivity contribution in [3.05, 3.63) is 44.1 Å². The summed E-state index contributed by atoms with van der Waals surface area (Å²) in [5.41, 5.74) is 2.40. The Balaban J connectivity index is 0.00000208. The van der Waals surface area contributed by atoms with Crippen molar-refractivity contribution < 1.29 is 9.47 Å². The Morgan fingerprint density at radius 2 is 2.08 bits per heavy atom. The maximum Gasteiger partial charge on any atom is 0.231 e. The van der Waals surface area contributed by atoms with E-state index >= 15 is 0 Å². The number of nitrogens with one attached hydrogen (secondary N) is 2. The molecular weight excluding hydrogens is 505 g/mol. The summed E-state index contributed by atoms with van der Waals surface area (Å²) in [7, 11) is 1.77. The first kappa shape index (κ1) is 19.3.